The molecule has 0 saturated heterocycles. The third-order valence-corrected chi connectivity index (χ3v) is 5.80. The first-order chi connectivity index (χ1) is 10.7. The number of rotatable bonds is 3. The minimum Gasteiger partial charge on any atom is -0.386 e. The van der Waals surface area contributed by atoms with Crippen molar-refractivity contribution in [2.75, 3.05) is 19.0 Å². The number of nitrogens with zero attached hydrogens (tertiary/aromatic N) is 1. The van der Waals surface area contributed by atoms with Crippen LogP contribution in [0.1, 0.15) is 35.7 Å². The number of fused-ring (bicyclic) bond motifs is 3. The molecule has 22 heavy (non-hydrogen) atoms. The molecule has 0 fully saturated rings. The van der Waals surface area contributed by atoms with E-state index in [9.17, 15) is 5.11 Å². The fraction of sp³-hybridized carbons (Fsp3) is 0.556. The van der Waals surface area contributed by atoms with E-state index >= 15 is 0 Å². The highest BCUT2D eigenvalue weighted by molar-refractivity contribution is 6.18. The molecular formula is C18H24ClN2O+. The van der Waals surface area contributed by atoms with Crippen LogP contribution in [0.3, 0.4) is 0 Å². The molecule has 0 bridgehead atoms. The second-order valence-electron chi connectivity index (χ2n) is 6.90. The highest BCUT2D eigenvalue weighted by atomic mass is 35.5. The summed E-state index contributed by atoms with van der Waals surface area (Å²) in [4.78, 5) is 1.51. The first-order valence-electron chi connectivity index (χ1n) is 8.39. The molecule has 2 N–H and O–H groups in total. The number of aliphatic hydroxyl groups excluding tert-OH is 1. The van der Waals surface area contributed by atoms with Crippen molar-refractivity contribution in [3.05, 3.63) is 35.0 Å². The largest absolute Gasteiger partial charge is 0.386 e. The predicted octanol–water partition coefficient (Wildman–Crippen LogP) is 1.83. The van der Waals surface area contributed by atoms with Crippen molar-refractivity contribution in [2.45, 2.75) is 44.9 Å². The van der Waals surface area contributed by atoms with Crippen LogP contribution in [-0.4, -0.2) is 34.7 Å². The Balaban J connectivity index is 1.81. The molecule has 3 atom stereocenters. The van der Waals surface area contributed by atoms with Crippen molar-refractivity contribution in [2.24, 2.45) is 0 Å². The second kappa shape index (κ2) is 5.55. The van der Waals surface area contributed by atoms with Crippen molar-refractivity contribution < 1.29 is 10.0 Å². The number of aliphatic hydroxyl groups is 1. The van der Waals surface area contributed by atoms with E-state index in [1.165, 1.54) is 46.3 Å². The fourth-order valence-electron chi connectivity index (χ4n) is 4.51. The molecule has 3 nitrogen and oxygen atoms in total. The smallest absolute Gasteiger partial charge is 0.129 e. The van der Waals surface area contributed by atoms with E-state index in [2.05, 4.69) is 29.7 Å². The Kier molecular flexibility index (Phi) is 3.67. The van der Waals surface area contributed by atoms with Crippen LogP contribution >= 0.6 is 11.6 Å². The average molecular weight is 320 g/mol. The van der Waals surface area contributed by atoms with E-state index < -0.39 is 0 Å². The molecule has 1 aliphatic carbocycles. The SMILES string of the molecule is Cc1ccc2c(c1)c1c3n2CC[NH+](C[C@H](O)CCl)[C@H]3CCC1. The van der Waals surface area contributed by atoms with E-state index in [0.29, 0.717) is 11.9 Å². The maximum atomic E-state index is 9.98. The Morgan fingerprint density at radius 1 is 1.45 bits per heavy atom. The highest BCUT2D eigenvalue weighted by Crippen LogP contribution is 2.37. The average Bonchev–Trinajstić information content (AvgIpc) is 2.85. The van der Waals surface area contributed by atoms with Gasteiger partial charge in [0.1, 0.15) is 18.7 Å². The molecular weight excluding hydrogens is 296 g/mol. The van der Waals surface area contributed by atoms with Gasteiger partial charge in [-0.2, -0.15) is 0 Å². The monoisotopic (exact) mass is 319 g/mol. The molecule has 2 aliphatic rings. The molecule has 0 amide bonds. The lowest BCUT2D eigenvalue weighted by Gasteiger charge is -2.37. The third-order valence-electron chi connectivity index (χ3n) is 5.44. The molecule has 0 spiro atoms. The van der Waals surface area contributed by atoms with Crippen LogP contribution in [-0.2, 0) is 13.0 Å². The van der Waals surface area contributed by atoms with E-state index in [-0.39, 0.29) is 6.10 Å². The summed E-state index contributed by atoms with van der Waals surface area (Å²) in [6, 6.07) is 7.40. The lowest BCUT2D eigenvalue weighted by Crippen LogP contribution is -3.14. The van der Waals surface area contributed by atoms with Crippen LogP contribution in [0.2, 0.25) is 0 Å². The number of hydrogen-bond donors (Lipinski definition) is 2. The Hall–Kier alpha value is -1.03. The van der Waals surface area contributed by atoms with Crippen molar-refractivity contribution in [3.8, 4) is 0 Å². The second-order valence-corrected chi connectivity index (χ2v) is 7.21. The molecule has 4 heteroatoms. The quantitative estimate of drug-likeness (QED) is 0.831. The molecule has 4 rings (SSSR count). The lowest BCUT2D eigenvalue weighted by atomic mass is 9.89. The lowest BCUT2D eigenvalue weighted by molar-refractivity contribution is -0.939. The van der Waals surface area contributed by atoms with Crippen molar-refractivity contribution in [3.63, 3.8) is 0 Å². The van der Waals surface area contributed by atoms with Crippen LogP contribution in [0.25, 0.3) is 10.9 Å². The number of nitrogens with one attached hydrogen (secondary N) is 1. The van der Waals surface area contributed by atoms with Gasteiger partial charge in [-0.25, -0.2) is 0 Å². The Labute approximate surface area is 136 Å². The Morgan fingerprint density at radius 3 is 3.14 bits per heavy atom. The molecule has 0 radical (unpaired) electrons. The number of quaternary nitrogens is 1. The van der Waals surface area contributed by atoms with Gasteiger partial charge in [0, 0.05) is 17.3 Å². The number of aromatic nitrogens is 1. The summed E-state index contributed by atoms with van der Waals surface area (Å²) >= 11 is 5.82. The first kappa shape index (κ1) is 14.6. The van der Waals surface area contributed by atoms with E-state index in [4.69, 9.17) is 11.6 Å². The molecule has 2 aromatic rings. The Bertz CT molecular complexity index is 709. The standard InChI is InChI=1S/C18H23ClN2O/c1-12-5-6-16-15(9-12)14-3-2-4-17-18(14)21(16)8-7-20(17)11-13(22)10-19/h5-6,9,13,17,22H,2-4,7-8,10-11H2,1H3/p+1/t13-,17+/m1/s1. The number of aryl methyl sites for hydroxylation is 2. The molecule has 1 aromatic carbocycles. The predicted molar refractivity (Wildman–Crippen MR) is 89.8 cm³/mol. The zero-order chi connectivity index (χ0) is 15.3. The van der Waals surface area contributed by atoms with Gasteiger partial charge in [-0.15, -0.1) is 11.6 Å². The number of benzene rings is 1. The van der Waals surface area contributed by atoms with Crippen LogP contribution in [0, 0.1) is 6.92 Å². The van der Waals surface area contributed by atoms with Gasteiger partial charge < -0.3 is 14.6 Å². The van der Waals surface area contributed by atoms with Crippen molar-refractivity contribution in [1.82, 2.24) is 4.57 Å². The highest BCUT2D eigenvalue weighted by Gasteiger charge is 2.38. The van der Waals surface area contributed by atoms with Crippen LogP contribution in [0.15, 0.2) is 18.2 Å². The normalized spacial score (nSPS) is 25.2. The molecule has 1 aliphatic heterocycles. The van der Waals surface area contributed by atoms with Gasteiger partial charge in [0.25, 0.3) is 0 Å². The van der Waals surface area contributed by atoms with Crippen LogP contribution in [0.5, 0.6) is 0 Å². The van der Waals surface area contributed by atoms with Crippen molar-refractivity contribution in [1.29, 1.82) is 0 Å². The van der Waals surface area contributed by atoms with Gasteiger partial charge in [-0.3, -0.25) is 0 Å². The maximum absolute atomic E-state index is 9.98. The van der Waals surface area contributed by atoms with Crippen LogP contribution < -0.4 is 4.90 Å². The van der Waals surface area contributed by atoms with Crippen LogP contribution in [0.4, 0.5) is 0 Å². The number of hydrogen-bond acceptors (Lipinski definition) is 1. The summed E-state index contributed by atoms with van der Waals surface area (Å²) in [7, 11) is 0. The van der Waals surface area contributed by atoms with E-state index in [0.717, 1.165) is 19.6 Å². The molecule has 1 aromatic heterocycles. The summed E-state index contributed by atoms with van der Waals surface area (Å²) < 4.78 is 2.55. The molecule has 118 valence electrons. The topological polar surface area (TPSA) is 29.6 Å². The molecule has 1 unspecified atom stereocenters. The van der Waals surface area contributed by atoms with Gasteiger partial charge >= 0.3 is 0 Å². The minimum atomic E-state index is -0.389. The van der Waals surface area contributed by atoms with Gasteiger partial charge in [0.2, 0.25) is 0 Å². The zero-order valence-corrected chi connectivity index (χ0v) is 13.9. The molecule has 2 heterocycles. The minimum absolute atomic E-state index is 0.339. The summed E-state index contributed by atoms with van der Waals surface area (Å²) in [6.07, 6.45) is 3.29. The third kappa shape index (κ3) is 2.18. The Morgan fingerprint density at radius 2 is 2.32 bits per heavy atom. The van der Waals surface area contributed by atoms with Gasteiger partial charge in [-0.05, 0) is 37.5 Å². The van der Waals surface area contributed by atoms with E-state index in [1.54, 1.807) is 5.56 Å². The number of alkyl halides is 1. The summed E-state index contributed by atoms with van der Waals surface area (Å²) in [5.41, 5.74) is 5.84. The van der Waals surface area contributed by atoms with Gasteiger partial charge in [-0.1, -0.05) is 11.6 Å². The number of halogens is 1. The summed E-state index contributed by atoms with van der Waals surface area (Å²) in [6.45, 7) is 5.09. The van der Waals surface area contributed by atoms with Crippen molar-refractivity contribution >= 4 is 22.5 Å². The van der Waals surface area contributed by atoms with E-state index in [1.807, 2.05) is 0 Å². The van der Waals surface area contributed by atoms with Gasteiger partial charge in [0.15, 0.2) is 0 Å². The molecule has 0 saturated carbocycles. The summed E-state index contributed by atoms with van der Waals surface area (Å²) in [5.74, 6) is 0.339. The fourth-order valence-corrected chi connectivity index (χ4v) is 4.62. The maximum Gasteiger partial charge on any atom is 0.129 e. The van der Waals surface area contributed by atoms with Gasteiger partial charge in [0.05, 0.1) is 24.7 Å². The zero-order valence-electron chi connectivity index (χ0n) is 13.1. The first-order valence-corrected chi connectivity index (χ1v) is 8.92. The summed E-state index contributed by atoms with van der Waals surface area (Å²) in [5, 5.41) is 11.4.